The first-order valence-electron chi connectivity index (χ1n) is 5.40. The van der Waals surface area contributed by atoms with Crippen LogP contribution >= 0.6 is 0 Å². The summed E-state index contributed by atoms with van der Waals surface area (Å²) in [6.45, 7) is 2.05. The molecule has 0 saturated heterocycles. The number of hydrogen-bond donors (Lipinski definition) is 1. The zero-order chi connectivity index (χ0) is 13.5. The van der Waals surface area contributed by atoms with Gasteiger partial charge in [0.2, 0.25) is 0 Å². The van der Waals surface area contributed by atoms with Gasteiger partial charge in [0.1, 0.15) is 0 Å². The Hall–Kier alpha value is -2.37. The number of esters is 1. The third-order valence-electron chi connectivity index (χ3n) is 2.17. The summed E-state index contributed by atoms with van der Waals surface area (Å²) >= 11 is 0. The van der Waals surface area contributed by atoms with Gasteiger partial charge in [0, 0.05) is 23.4 Å². The maximum atomic E-state index is 11.1. The standard InChI is InChI=1S/C12H14N2O4/c1-2-18-12(15)5-3-4-9-8-10(14(16)17)6-7-11(9)13/h3-4,6-8H,2,5,13H2,1H3. The van der Waals surface area contributed by atoms with E-state index in [0.29, 0.717) is 17.9 Å². The molecule has 2 N–H and O–H groups in total. The number of hydrogen-bond acceptors (Lipinski definition) is 5. The Morgan fingerprint density at radius 2 is 2.28 bits per heavy atom. The molecule has 6 nitrogen and oxygen atoms in total. The Morgan fingerprint density at radius 3 is 2.89 bits per heavy atom. The highest BCUT2D eigenvalue weighted by Crippen LogP contribution is 2.20. The number of nitrogens with two attached hydrogens (primary N) is 1. The zero-order valence-corrected chi connectivity index (χ0v) is 9.96. The van der Waals surface area contributed by atoms with Gasteiger partial charge in [-0.05, 0) is 13.0 Å². The van der Waals surface area contributed by atoms with Crippen molar-refractivity contribution < 1.29 is 14.5 Å². The van der Waals surface area contributed by atoms with Gasteiger partial charge in [0.15, 0.2) is 0 Å². The molecule has 6 heteroatoms. The minimum Gasteiger partial charge on any atom is -0.466 e. The summed E-state index contributed by atoms with van der Waals surface area (Å²) in [5.74, 6) is -0.349. The van der Waals surface area contributed by atoms with Crippen LogP contribution in [-0.4, -0.2) is 17.5 Å². The molecule has 1 aromatic rings. The Labute approximate surface area is 104 Å². The van der Waals surface area contributed by atoms with Crippen LogP contribution in [0, 0.1) is 10.1 Å². The molecule has 96 valence electrons. The molecule has 1 aromatic carbocycles. The van der Waals surface area contributed by atoms with E-state index in [1.807, 2.05) is 0 Å². The molecule has 0 heterocycles. The van der Waals surface area contributed by atoms with Crippen molar-refractivity contribution in [3.05, 3.63) is 40.0 Å². The van der Waals surface area contributed by atoms with E-state index in [0.717, 1.165) is 0 Å². The summed E-state index contributed by atoms with van der Waals surface area (Å²) in [5.41, 5.74) is 6.56. The van der Waals surface area contributed by atoms with Gasteiger partial charge in [0.25, 0.3) is 5.69 Å². The highest BCUT2D eigenvalue weighted by Gasteiger charge is 2.07. The minimum absolute atomic E-state index is 0.0417. The maximum Gasteiger partial charge on any atom is 0.309 e. The van der Waals surface area contributed by atoms with Crippen LogP contribution in [0.2, 0.25) is 0 Å². The van der Waals surface area contributed by atoms with Crippen molar-refractivity contribution in [1.82, 2.24) is 0 Å². The number of non-ortho nitro benzene ring substituents is 1. The molecule has 0 bridgehead atoms. The number of carbonyl (C=O) groups is 1. The average molecular weight is 250 g/mol. The van der Waals surface area contributed by atoms with Crippen LogP contribution in [0.15, 0.2) is 24.3 Å². The average Bonchev–Trinajstić information content (AvgIpc) is 2.31. The molecule has 0 radical (unpaired) electrons. The number of nitro benzene ring substituents is 1. The highest BCUT2D eigenvalue weighted by atomic mass is 16.6. The van der Waals surface area contributed by atoms with E-state index in [1.165, 1.54) is 18.2 Å². The van der Waals surface area contributed by atoms with Crippen molar-refractivity contribution in [3.8, 4) is 0 Å². The summed E-state index contributed by atoms with van der Waals surface area (Å²) in [5, 5.41) is 10.6. The van der Waals surface area contributed by atoms with E-state index in [4.69, 9.17) is 10.5 Å². The van der Waals surface area contributed by atoms with Crippen molar-refractivity contribution in [3.63, 3.8) is 0 Å². The molecule has 0 spiro atoms. The number of nitrogens with zero attached hydrogens (tertiary/aromatic N) is 1. The largest absolute Gasteiger partial charge is 0.466 e. The lowest BCUT2D eigenvalue weighted by molar-refractivity contribution is -0.384. The first-order valence-corrected chi connectivity index (χ1v) is 5.40. The van der Waals surface area contributed by atoms with Crippen LogP contribution in [0.5, 0.6) is 0 Å². The Kier molecular flexibility index (Phi) is 4.86. The fourth-order valence-electron chi connectivity index (χ4n) is 1.32. The third-order valence-corrected chi connectivity index (χ3v) is 2.17. The van der Waals surface area contributed by atoms with E-state index in [-0.39, 0.29) is 18.1 Å². The molecule has 18 heavy (non-hydrogen) atoms. The molecule has 0 aliphatic rings. The van der Waals surface area contributed by atoms with Gasteiger partial charge in [-0.15, -0.1) is 0 Å². The number of carbonyl (C=O) groups excluding carboxylic acids is 1. The van der Waals surface area contributed by atoms with E-state index in [9.17, 15) is 14.9 Å². The second-order valence-corrected chi connectivity index (χ2v) is 3.48. The van der Waals surface area contributed by atoms with E-state index in [1.54, 1.807) is 19.1 Å². The number of benzene rings is 1. The van der Waals surface area contributed by atoms with Gasteiger partial charge in [0.05, 0.1) is 18.0 Å². The lowest BCUT2D eigenvalue weighted by Gasteiger charge is -2.00. The quantitative estimate of drug-likeness (QED) is 0.374. The SMILES string of the molecule is CCOC(=O)CC=Cc1cc([N+](=O)[O-])ccc1N. The lowest BCUT2D eigenvalue weighted by atomic mass is 10.1. The van der Waals surface area contributed by atoms with Crippen molar-refractivity contribution in [2.24, 2.45) is 0 Å². The second kappa shape index (κ2) is 6.39. The van der Waals surface area contributed by atoms with Gasteiger partial charge in [-0.25, -0.2) is 0 Å². The molecule has 0 amide bonds. The number of anilines is 1. The highest BCUT2D eigenvalue weighted by molar-refractivity contribution is 5.74. The van der Waals surface area contributed by atoms with Crippen molar-refractivity contribution in [2.45, 2.75) is 13.3 Å². The minimum atomic E-state index is -0.498. The molecule has 0 aliphatic carbocycles. The first kappa shape index (κ1) is 13.7. The van der Waals surface area contributed by atoms with Crippen molar-refractivity contribution in [2.75, 3.05) is 12.3 Å². The van der Waals surface area contributed by atoms with Gasteiger partial charge < -0.3 is 10.5 Å². The van der Waals surface area contributed by atoms with Crippen molar-refractivity contribution in [1.29, 1.82) is 0 Å². The van der Waals surface area contributed by atoms with Crippen LogP contribution in [0.4, 0.5) is 11.4 Å². The molecule has 0 fully saturated rings. The third kappa shape index (κ3) is 3.89. The smallest absolute Gasteiger partial charge is 0.309 e. The predicted molar refractivity (Wildman–Crippen MR) is 67.8 cm³/mol. The van der Waals surface area contributed by atoms with Crippen LogP contribution in [0.1, 0.15) is 18.9 Å². The molecular formula is C12H14N2O4. The predicted octanol–water partition coefficient (Wildman–Crippen LogP) is 2.14. The summed E-state index contributed by atoms with van der Waals surface area (Å²) in [4.78, 5) is 21.2. The van der Waals surface area contributed by atoms with Crippen LogP contribution in [0.25, 0.3) is 6.08 Å². The number of nitro groups is 1. The number of nitrogen functional groups attached to an aromatic ring is 1. The Balaban J connectivity index is 2.77. The topological polar surface area (TPSA) is 95.5 Å². The monoisotopic (exact) mass is 250 g/mol. The molecule has 0 saturated carbocycles. The van der Waals surface area contributed by atoms with Crippen LogP contribution in [0.3, 0.4) is 0 Å². The molecular weight excluding hydrogens is 236 g/mol. The Morgan fingerprint density at radius 1 is 1.56 bits per heavy atom. The molecule has 0 unspecified atom stereocenters. The number of ether oxygens (including phenoxy) is 1. The fourth-order valence-corrected chi connectivity index (χ4v) is 1.32. The normalized spacial score (nSPS) is 10.5. The zero-order valence-electron chi connectivity index (χ0n) is 9.96. The van der Waals surface area contributed by atoms with Crippen LogP contribution < -0.4 is 5.73 Å². The summed E-state index contributed by atoms with van der Waals surface area (Å²) in [6, 6.07) is 4.15. The fraction of sp³-hybridized carbons (Fsp3) is 0.250. The lowest BCUT2D eigenvalue weighted by Crippen LogP contribution is -2.01. The molecule has 1 rings (SSSR count). The second-order valence-electron chi connectivity index (χ2n) is 3.48. The Bertz CT molecular complexity index is 483. The molecule has 0 atom stereocenters. The summed E-state index contributed by atoms with van der Waals surface area (Å²) in [7, 11) is 0. The van der Waals surface area contributed by atoms with E-state index in [2.05, 4.69) is 0 Å². The summed E-state index contributed by atoms with van der Waals surface area (Å²) in [6.07, 6.45) is 3.24. The van der Waals surface area contributed by atoms with Crippen molar-refractivity contribution >= 4 is 23.4 Å². The van der Waals surface area contributed by atoms with Gasteiger partial charge >= 0.3 is 5.97 Å². The van der Waals surface area contributed by atoms with Gasteiger partial charge in [-0.3, -0.25) is 14.9 Å². The first-order chi connectivity index (χ1) is 8.54. The van der Waals surface area contributed by atoms with E-state index < -0.39 is 4.92 Å². The van der Waals surface area contributed by atoms with E-state index >= 15 is 0 Å². The molecule has 0 aliphatic heterocycles. The maximum absolute atomic E-state index is 11.1. The molecule has 0 aromatic heterocycles. The van der Waals surface area contributed by atoms with Gasteiger partial charge in [-0.2, -0.15) is 0 Å². The summed E-state index contributed by atoms with van der Waals surface area (Å²) < 4.78 is 4.74. The van der Waals surface area contributed by atoms with Gasteiger partial charge in [-0.1, -0.05) is 12.2 Å². The van der Waals surface area contributed by atoms with Crippen LogP contribution in [-0.2, 0) is 9.53 Å². The number of rotatable bonds is 5.